The summed E-state index contributed by atoms with van der Waals surface area (Å²) in [6, 6.07) is 5.73. The van der Waals surface area contributed by atoms with Crippen LogP contribution < -0.4 is 0 Å². The molecule has 0 aliphatic heterocycles. The Kier molecular flexibility index (Phi) is 6.58. The average Bonchev–Trinajstić information content (AvgIpc) is 3.19. The molecule has 2 aromatic heterocycles. The lowest BCUT2D eigenvalue weighted by molar-refractivity contribution is -0.136. The molecule has 8 heteroatoms. The van der Waals surface area contributed by atoms with E-state index < -0.39 is 12.6 Å². The molecule has 0 saturated heterocycles. The van der Waals surface area contributed by atoms with Gasteiger partial charge in [0.25, 0.3) is 0 Å². The molecule has 170 valence electrons. The zero-order valence-corrected chi connectivity index (χ0v) is 18.0. The van der Waals surface area contributed by atoms with Crippen molar-refractivity contribution in [3.63, 3.8) is 0 Å². The van der Waals surface area contributed by atoms with Crippen LogP contribution in [0.2, 0.25) is 0 Å². The van der Waals surface area contributed by atoms with Crippen molar-refractivity contribution in [2.45, 2.75) is 64.5 Å². The van der Waals surface area contributed by atoms with Crippen LogP contribution in [0.3, 0.4) is 0 Å². The van der Waals surface area contributed by atoms with Crippen LogP contribution in [0.4, 0.5) is 13.2 Å². The van der Waals surface area contributed by atoms with Gasteiger partial charge in [0.15, 0.2) is 11.7 Å². The van der Waals surface area contributed by atoms with Gasteiger partial charge >= 0.3 is 6.18 Å². The molecule has 1 aliphatic carbocycles. The zero-order valence-electron chi connectivity index (χ0n) is 18.0. The molecule has 32 heavy (non-hydrogen) atoms. The highest BCUT2D eigenvalue weighted by atomic mass is 19.4. The Morgan fingerprint density at radius 2 is 1.91 bits per heavy atom. The van der Waals surface area contributed by atoms with Gasteiger partial charge in [-0.3, -0.25) is 4.79 Å². The normalized spacial score (nSPS) is 19.4. The quantitative estimate of drug-likeness (QED) is 0.430. The molecule has 1 aromatic carbocycles. The van der Waals surface area contributed by atoms with Crippen molar-refractivity contribution in [3.8, 4) is 11.3 Å². The van der Waals surface area contributed by atoms with Crippen molar-refractivity contribution in [1.29, 1.82) is 0 Å². The number of nitrogens with zero attached hydrogens (tertiary/aromatic N) is 3. The van der Waals surface area contributed by atoms with Gasteiger partial charge in [-0.25, -0.2) is 15.0 Å². The van der Waals surface area contributed by atoms with Crippen LogP contribution in [0.25, 0.3) is 22.2 Å². The SMILES string of the molecule is Cc1ncc(-c2ccc3cnc(CC(=O)C4CCC(CCCC(F)(F)F)CC4)nc3c2)o1. The lowest BCUT2D eigenvalue weighted by Crippen LogP contribution is -2.24. The lowest BCUT2D eigenvalue weighted by atomic mass is 9.77. The minimum atomic E-state index is -4.08. The van der Waals surface area contributed by atoms with E-state index in [-0.39, 0.29) is 30.5 Å². The fourth-order valence-corrected chi connectivity index (χ4v) is 4.46. The Labute approximate surface area is 184 Å². The number of ketones is 1. The summed E-state index contributed by atoms with van der Waals surface area (Å²) < 4.78 is 42.6. The number of alkyl halides is 3. The first-order chi connectivity index (χ1) is 15.3. The maximum absolute atomic E-state index is 12.8. The molecule has 4 rings (SSSR count). The van der Waals surface area contributed by atoms with Gasteiger partial charge in [-0.1, -0.05) is 18.6 Å². The molecule has 2 heterocycles. The molecule has 0 spiro atoms. The van der Waals surface area contributed by atoms with E-state index in [1.165, 1.54) is 0 Å². The van der Waals surface area contributed by atoms with Gasteiger partial charge in [-0.2, -0.15) is 13.2 Å². The first-order valence-corrected chi connectivity index (χ1v) is 11.0. The molecule has 1 saturated carbocycles. The van der Waals surface area contributed by atoms with E-state index in [1.54, 1.807) is 19.3 Å². The Morgan fingerprint density at radius 1 is 1.12 bits per heavy atom. The van der Waals surface area contributed by atoms with Crippen molar-refractivity contribution >= 4 is 16.7 Å². The van der Waals surface area contributed by atoms with Crippen molar-refractivity contribution in [2.24, 2.45) is 11.8 Å². The number of rotatable bonds is 7. The maximum atomic E-state index is 12.8. The van der Waals surface area contributed by atoms with Crippen LogP contribution >= 0.6 is 0 Å². The molecule has 0 N–H and O–H groups in total. The highest BCUT2D eigenvalue weighted by Gasteiger charge is 2.29. The van der Waals surface area contributed by atoms with Crippen molar-refractivity contribution in [1.82, 2.24) is 15.0 Å². The van der Waals surface area contributed by atoms with Gasteiger partial charge in [-0.05, 0) is 44.1 Å². The third kappa shape index (κ3) is 5.72. The number of halogens is 3. The third-order valence-electron chi connectivity index (χ3n) is 6.25. The first-order valence-electron chi connectivity index (χ1n) is 11.0. The predicted octanol–water partition coefficient (Wildman–Crippen LogP) is 6.24. The number of fused-ring (bicyclic) bond motifs is 1. The van der Waals surface area contributed by atoms with Gasteiger partial charge in [-0.15, -0.1) is 0 Å². The highest BCUT2D eigenvalue weighted by molar-refractivity contribution is 5.85. The summed E-state index contributed by atoms with van der Waals surface area (Å²) in [5.74, 6) is 2.07. The fraction of sp³-hybridized carbons (Fsp3) is 0.500. The van der Waals surface area contributed by atoms with E-state index in [0.717, 1.165) is 42.1 Å². The van der Waals surface area contributed by atoms with Crippen LogP contribution in [0.15, 0.2) is 35.0 Å². The molecule has 1 aliphatic rings. The second-order valence-corrected chi connectivity index (χ2v) is 8.67. The standard InChI is InChI=1S/C24H26F3N3O2/c1-15-28-14-22(32-15)18-8-9-19-13-29-23(30-20(19)11-18)12-21(31)17-6-4-16(5-7-17)3-2-10-24(25,26)27/h8-9,11,13-14,16-17H,2-7,10,12H2,1H3. The monoisotopic (exact) mass is 445 g/mol. The molecule has 3 aromatic rings. The number of oxazole rings is 1. The van der Waals surface area contributed by atoms with Crippen LogP contribution in [0.1, 0.15) is 56.7 Å². The molecule has 0 unspecified atom stereocenters. The van der Waals surface area contributed by atoms with Gasteiger partial charge in [0, 0.05) is 36.4 Å². The molecule has 5 nitrogen and oxygen atoms in total. The molecule has 1 fully saturated rings. The second-order valence-electron chi connectivity index (χ2n) is 8.67. The van der Waals surface area contributed by atoms with Gasteiger partial charge < -0.3 is 4.42 Å². The maximum Gasteiger partial charge on any atom is 0.389 e. The number of benzene rings is 1. The summed E-state index contributed by atoms with van der Waals surface area (Å²) in [7, 11) is 0. The third-order valence-corrected chi connectivity index (χ3v) is 6.25. The summed E-state index contributed by atoms with van der Waals surface area (Å²) in [6.45, 7) is 1.78. The molecule has 0 atom stereocenters. The fourth-order valence-electron chi connectivity index (χ4n) is 4.46. The molecule has 0 amide bonds. The predicted molar refractivity (Wildman–Crippen MR) is 114 cm³/mol. The number of aromatic nitrogens is 3. The highest BCUT2D eigenvalue weighted by Crippen LogP contribution is 2.34. The van der Waals surface area contributed by atoms with E-state index in [1.807, 2.05) is 18.2 Å². The first kappa shape index (κ1) is 22.4. The van der Waals surface area contributed by atoms with Gasteiger partial charge in [0.1, 0.15) is 11.6 Å². The van der Waals surface area contributed by atoms with Crippen LogP contribution in [0.5, 0.6) is 0 Å². The second kappa shape index (κ2) is 9.38. The molecular formula is C24H26F3N3O2. The summed E-state index contributed by atoms with van der Waals surface area (Å²) in [5.41, 5.74) is 1.60. The van der Waals surface area contributed by atoms with Crippen molar-refractivity contribution in [3.05, 3.63) is 42.3 Å². The largest absolute Gasteiger partial charge is 0.441 e. The number of carbonyl (C=O) groups excluding carboxylic acids is 1. The van der Waals surface area contributed by atoms with Crippen LogP contribution in [-0.2, 0) is 11.2 Å². The van der Waals surface area contributed by atoms with Crippen LogP contribution in [0, 0.1) is 18.8 Å². The topological polar surface area (TPSA) is 68.9 Å². The number of Topliss-reactive ketones (excluding diaryl/α,β-unsaturated/α-hetero) is 1. The number of carbonyl (C=O) groups is 1. The minimum absolute atomic E-state index is 0.0586. The Morgan fingerprint density at radius 3 is 2.59 bits per heavy atom. The minimum Gasteiger partial charge on any atom is -0.441 e. The number of hydrogen-bond acceptors (Lipinski definition) is 5. The molecular weight excluding hydrogens is 419 g/mol. The van der Waals surface area contributed by atoms with E-state index in [2.05, 4.69) is 15.0 Å². The van der Waals surface area contributed by atoms with Crippen molar-refractivity contribution < 1.29 is 22.4 Å². The summed E-state index contributed by atoms with van der Waals surface area (Å²) in [5, 5.41) is 0.876. The van der Waals surface area contributed by atoms with E-state index >= 15 is 0 Å². The smallest absolute Gasteiger partial charge is 0.389 e. The van der Waals surface area contributed by atoms with E-state index in [0.29, 0.717) is 23.9 Å². The van der Waals surface area contributed by atoms with Crippen LogP contribution in [-0.4, -0.2) is 26.9 Å². The van der Waals surface area contributed by atoms with Gasteiger partial charge in [0.2, 0.25) is 0 Å². The summed E-state index contributed by atoms with van der Waals surface area (Å²) in [4.78, 5) is 25.8. The number of aryl methyl sites for hydroxylation is 1. The Bertz CT molecular complexity index is 1090. The molecule has 0 radical (unpaired) electrons. The summed E-state index contributed by atoms with van der Waals surface area (Å²) >= 11 is 0. The van der Waals surface area contributed by atoms with E-state index in [4.69, 9.17) is 4.42 Å². The zero-order chi connectivity index (χ0) is 22.7. The Hall–Kier alpha value is -2.77. The average molecular weight is 445 g/mol. The molecule has 0 bridgehead atoms. The number of hydrogen-bond donors (Lipinski definition) is 0. The van der Waals surface area contributed by atoms with Crippen molar-refractivity contribution in [2.75, 3.05) is 0 Å². The van der Waals surface area contributed by atoms with Gasteiger partial charge in [0.05, 0.1) is 18.1 Å². The Balaban J connectivity index is 1.34. The lowest BCUT2D eigenvalue weighted by Gasteiger charge is -2.27. The van der Waals surface area contributed by atoms with E-state index in [9.17, 15) is 18.0 Å². The summed E-state index contributed by atoms with van der Waals surface area (Å²) in [6.07, 6.45) is 2.61.